The molecule has 0 bridgehead atoms. The van der Waals surface area contributed by atoms with Crippen molar-refractivity contribution < 1.29 is 4.74 Å². The Morgan fingerprint density at radius 1 is 1.33 bits per heavy atom. The first-order valence-electron chi connectivity index (χ1n) is 7.53. The molecular weight excluding hydrogens is 262 g/mol. The lowest BCUT2D eigenvalue weighted by Gasteiger charge is -2.18. The van der Waals surface area contributed by atoms with Gasteiger partial charge in [-0.05, 0) is 44.0 Å². The van der Waals surface area contributed by atoms with Gasteiger partial charge >= 0.3 is 0 Å². The van der Waals surface area contributed by atoms with Crippen LogP contribution >= 0.6 is 0 Å². The third-order valence-corrected chi connectivity index (χ3v) is 4.05. The van der Waals surface area contributed by atoms with E-state index in [0.717, 1.165) is 34.9 Å². The number of aromatic nitrogens is 1. The number of benzene rings is 1. The van der Waals surface area contributed by atoms with E-state index in [1.807, 2.05) is 19.2 Å². The molecule has 4 nitrogen and oxygen atoms in total. The van der Waals surface area contributed by atoms with E-state index in [1.165, 1.54) is 24.9 Å². The summed E-state index contributed by atoms with van der Waals surface area (Å²) in [6, 6.07) is 8.27. The van der Waals surface area contributed by atoms with Gasteiger partial charge in [-0.3, -0.25) is 0 Å². The molecule has 2 aromatic rings. The molecule has 0 radical (unpaired) electrons. The molecule has 1 fully saturated rings. The highest BCUT2D eigenvalue weighted by molar-refractivity contribution is 5.83. The predicted octanol–water partition coefficient (Wildman–Crippen LogP) is 3.13. The maximum Gasteiger partial charge on any atom is 0.130 e. The fourth-order valence-electron chi connectivity index (χ4n) is 2.75. The fraction of sp³-hybridized carbons (Fsp3) is 0.471. The van der Waals surface area contributed by atoms with Crippen molar-refractivity contribution >= 4 is 16.7 Å². The molecule has 0 spiro atoms. The molecule has 0 saturated heterocycles. The Kier molecular flexibility index (Phi) is 3.97. The van der Waals surface area contributed by atoms with E-state index in [-0.39, 0.29) is 0 Å². The third-order valence-electron chi connectivity index (χ3n) is 4.05. The Morgan fingerprint density at radius 3 is 2.81 bits per heavy atom. The van der Waals surface area contributed by atoms with Gasteiger partial charge in [0, 0.05) is 37.2 Å². The number of hydrogen-bond donors (Lipinski definition) is 1. The van der Waals surface area contributed by atoms with Crippen molar-refractivity contribution in [1.82, 2.24) is 9.88 Å². The van der Waals surface area contributed by atoms with E-state index >= 15 is 0 Å². The molecule has 1 heterocycles. The molecule has 1 saturated carbocycles. The van der Waals surface area contributed by atoms with Crippen LogP contribution in [0.15, 0.2) is 24.3 Å². The Bertz CT molecular complexity index is 637. The maximum atomic E-state index is 5.27. The van der Waals surface area contributed by atoms with Crippen molar-refractivity contribution in [2.45, 2.75) is 19.4 Å². The number of fused-ring (bicyclic) bond motifs is 1. The molecule has 21 heavy (non-hydrogen) atoms. The van der Waals surface area contributed by atoms with Gasteiger partial charge in [-0.25, -0.2) is 4.98 Å². The number of methoxy groups -OCH3 is 1. The third kappa shape index (κ3) is 3.27. The summed E-state index contributed by atoms with van der Waals surface area (Å²) in [5.74, 6) is 2.71. The summed E-state index contributed by atoms with van der Waals surface area (Å²) in [6.45, 7) is 2.12. The summed E-state index contributed by atoms with van der Waals surface area (Å²) < 4.78 is 5.27. The molecule has 3 rings (SSSR count). The summed E-state index contributed by atoms with van der Waals surface area (Å²) >= 11 is 0. The average molecular weight is 285 g/mol. The average Bonchev–Trinajstić information content (AvgIpc) is 3.29. The van der Waals surface area contributed by atoms with Crippen LogP contribution in [0.2, 0.25) is 0 Å². The van der Waals surface area contributed by atoms with Gasteiger partial charge in [-0.15, -0.1) is 0 Å². The minimum atomic E-state index is 0.843. The zero-order valence-corrected chi connectivity index (χ0v) is 13.0. The molecule has 4 heteroatoms. The smallest absolute Gasteiger partial charge is 0.130 e. The highest BCUT2D eigenvalue weighted by Gasteiger charge is 2.23. The van der Waals surface area contributed by atoms with Crippen LogP contribution in [0.5, 0.6) is 5.75 Å². The van der Waals surface area contributed by atoms with Crippen LogP contribution < -0.4 is 10.1 Å². The normalized spacial score (nSPS) is 14.7. The lowest BCUT2D eigenvalue weighted by Crippen LogP contribution is -2.21. The maximum absolute atomic E-state index is 5.27. The Balaban J connectivity index is 1.89. The van der Waals surface area contributed by atoms with Gasteiger partial charge in [0.25, 0.3) is 0 Å². The van der Waals surface area contributed by atoms with Crippen molar-refractivity contribution in [3.63, 3.8) is 0 Å². The Labute approximate surface area is 126 Å². The first-order chi connectivity index (χ1) is 10.2. The van der Waals surface area contributed by atoms with Crippen LogP contribution in [-0.4, -0.2) is 37.6 Å². The number of pyridine rings is 1. The Hall–Kier alpha value is -1.81. The summed E-state index contributed by atoms with van der Waals surface area (Å²) in [7, 11) is 5.80. The highest BCUT2D eigenvalue weighted by atomic mass is 16.5. The second-order valence-electron chi connectivity index (χ2n) is 5.94. The highest BCUT2D eigenvalue weighted by Crippen LogP contribution is 2.30. The monoisotopic (exact) mass is 285 g/mol. The standard InChI is InChI=1S/C17H23N3O/c1-18-17-14(11-20(2)10-12-4-5-12)8-13-6-7-15(21-3)9-16(13)19-17/h6-9,12H,4-5,10-11H2,1-3H3,(H,18,19). The SMILES string of the molecule is CNc1nc2cc(OC)ccc2cc1CN(C)CC1CC1. The molecule has 1 aliphatic carbocycles. The molecule has 0 unspecified atom stereocenters. The molecule has 0 amide bonds. The molecule has 0 atom stereocenters. The zero-order chi connectivity index (χ0) is 14.8. The molecular formula is C17H23N3O. The summed E-state index contributed by atoms with van der Waals surface area (Å²) in [4.78, 5) is 7.13. The van der Waals surface area contributed by atoms with Crippen molar-refractivity contribution in [1.29, 1.82) is 0 Å². The second-order valence-corrected chi connectivity index (χ2v) is 5.94. The summed E-state index contributed by atoms with van der Waals surface area (Å²) in [5.41, 5.74) is 2.21. The van der Waals surface area contributed by atoms with Gasteiger partial charge in [0.2, 0.25) is 0 Å². The number of ether oxygens (including phenoxy) is 1. The first kappa shape index (κ1) is 14.1. The summed E-state index contributed by atoms with van der Waals surface area (Å²) in [6.07, 6.45) is 2.78. The molecule has 0 aliphatic heterocycles. The van der Waals surface area contributed by atoms with Crippen molar-refractivity contribution in [3.05, 3.63) is 29.8 Å². The van der Waals surface area contributed by atoms with Crippen LogP contribution in [0.3, 0.4) is 0 Å². The number of hydrogen-bond acceptors (Lipinski definition) is 4. The van der Waals surface area contributed by atoms with Gasteiger partial charge in [0.05, 0.1) is 12.6 Å². The molecule has 1 aromatic carbocycles. The van der Waals surface area contributed by atoms with E-state index < -0.39 is 0 Å². The van der Waals surface area contributed by atoms with Crippen molar-refractivity contribution in [2.75, 3.05) is 33.1 Å². The molecule has 1 N–H and O–H groups in total. The second kappa shape index (κ2) is 5.90. The number of nitrogens with one attached hydrogen (secondary N) is 1. The van der Waals surface area contributed by atoms with Crippen LogP contribution in [0.25, 0.3) is 10.9 Å². The molecule has 1 aromatic heterocycles. The minimum Gasteiger partial charge on any atom is -0.497 e. The first-order valence-corrected chi connectivity index (χ1v) is 7.53. The number of anilines is 1. The lowest BCUT2D eigenvalue weighted by atomic mass is 10.1. The van der Waals surface area contributed by atoms with E-state index in [4.69, 9.17) is 9.72 Å². The van der Waals surface area contributed by atoms with E-state index in [0.29, 0.717) is 0 Å². The Morgan fingerprint density at radius 2 is 2.14 bits per heavy atom. The fourth-order valence-corrected chi connectivity index (χ4v) is 2.75. The van der Waals surface area contributed by atoms with Gasteiger partial charge in [0.15, 0.2) is 0 Å². The molecule has 112 valence electrons. The van der Waals surface area contributed by atoms with Gasteiger partial charge < -0.3 is 15.0 Å². The topological polar surface area (TPSA) is 37.4 Å². The largest absolute Gasteiger partial charge is 0.497 e. The quantitative estimate of drug-likeness (QED) is 0.885. The van der Waals surface area contributed by atoms with Crippen LogP contribution in [-0.2, 0) is 6.54 Å². The van der Waals surface area contributed by atoms with E-state index in [1.54, 1.807) is 7.11 Å². The van der Waals surface area contributed by atoms with Crippen LogP contribution in [0.4, 0.5) is 5.82 Å². The van der Waals surface area contributed by atoms with Crippen LogP contribution in [0.1, 0.15) is 18.4 Å². The van der Waals surface area contributed by atoms with Gasteiger partial charge in [0.1, 0.15) is 11.6 Å². The van der Waals surface area contributed by atoms with Crippen molar-refractivity contribution in [3.8, 4) is 5.75 Å². The van der Waals surface area contributed by atoms with Crippen molar-refractivity contribution in [2.24, 2.45) is 5.92 Å². The van der Waals surface area contributed by atoms with Crippen LogP contribution in [0, 0.1) is 5.92 Å². The number of nitrogens with zero attached hydrogens (tertiary/aromatic N) is 2. The van der Waals surface area contributed by atoms with Gasteiger partial charge in [-0.1, -0.05) is 0 Å². The van der Waals surface area contributed by atoms with E-state index in [2.05, 4.69) is 29.4 Å². The van der Waals surface area contributed by atoms with Gasteiger partial charge in [-0.2, -0.15) is 0 Å². The predicted molar refractivity (Wildman–Crippen MR) is 86.9 cm³/mol. The minimum absolute atomic E-state index is 0.843. The zero-order valence-electron chi connectivity index (χ0n) is 13.0. The number of rotatable bonds is 6. The summed E-state index contributed by atoms with van der Waals surface area (Å²) in [5, 5.41) is 4.38. The van der Waals surface area contributed by atoms with E-state index in [9.17, 15) is 0 Å². The lowest BCUT2D eigenvalue weighted by molar-refractivity contribution is 0.313. The molecule has 1 aliphatic rings.